The van der Waals surface area contributed by atoms with Crippen molar-refractivity contribution in [2.75, 3.05) is 28.6 Å². The summed E-state index contributed by atoms with van der Waals surface area (Å²) in [7, 11) is 0. The Bertz CT molecular complexity index is 1050. The molecular formula is C23H20FN3O2. The average Bonchev–Trinajstić information content (AvgIpc) is 3.18. The molecule has 2 amide bonds. The molecule has 146 valence electrons. The molecule has 0 atom stereocenters. The Morgan fingerprint density at radius 2 is 1.66 bits per heavy atom. The van der Waals surface area contributed by atoms with E-state index in [1.54, 1.807) is 29.2 Å². The van der Waals surface area contributed by atoms with Crippen LogP contribution in [0.4, 0.5) is 21.5 Å². The van der Waals surface area contributed by atoms with Crippen LogP contribution in [0.1, 0.15) is 15.9 Å². The molecule has 1 heterocycles. The van der Waals surface area contributed by atoms with Crippen molar-refractivity contribution in [1.29, 1.82) is 0 Å². The van der Waals surface area contributed by atoms with Crippen molar-refractivity contribution in [2.45, 2.75) is 6.42 Å². The lowest BCUT2D eigenvalue weighted by atomic mass is 10.1. The van der Waals surface area contributed by atoms with Crippen molar-refractivity contribution in [2.24, 2.45) is 0 Å². The normalized spacial score (nSPS) is 12.4. The van der Waals surface area contributed by atoms with Crippen molar-refractivity contribution in [1.82, 2.24) is 0 Å². The third-order valence-corrected chi connectivity index (χ3v) is 4.89. The van der Waals surface area contributed by atoms with E-state index in [-0.39, 0.29) is 24.2 Å². The first-order chi connectivity index (χ1) is 14.1. The van der Waals surface area contributed by atoms with Gasteiger partial charge in [0.15, 0.2) is 0 Å². The summed E-state index contributed by atoms with van der Waals surface area (Å²) in [5, 5.41) is 5.83. The molecule has 0 aliphatic carbocycles. The predicted molar refractivity (Wildman–Crippen MR) is 112 cm³/mol. The van der Waals surface area contributed by atoms with Gasteiger partial charge in [-0.2, -0.15) is 0 Å². The first-order valence-corrected chi connectivity index (χ1v) is 9.40. The van der Waals surface area contributed by atoms with Crippen molar-refractivity contribution in [3.8, 4) is 0 Å². The number of hydrogen-bond acceptors (Lipinski definition) is 3. The Kier molecular flexibility index (Phi) is 5.24. The molecule has 29 heavy (non-hydrogen) atoms. The van der Waals surface area contributed by atoms with Crippen LogP contribution in [-0.2, 0) is 11.2 Å². The number of nitrogens with one attached hydrogen (secondary N) is 2. The molecule has 3 aromatic carbocycles. The largest absolute Gasteiger partial charge is 0.375 e. The second-order valence-corrected chi connectivity index (χ2v) is 6.78. The third-order valence-electron chi connectivity index (χ3n) is 4.89. The third kappa shape index (κ3) is 4.11. The van der Waals surface area contributed by atoms with Crippen LogP contribution in [0.15, 0.2) is 72.8 Å². The SMILES string of the molecule is O=C(Nc1ccc(F)cc1)c1ccccc1NCC(=O)N1CCc2ccccc21. The minimum absolute atomic E-state index is 0.0521. The summed E-state index contributed by atoms with van der Waals surface area (Å²) in [6.45, 7) is 0.738. The van der Waals surface area contributed by atoms with Gasteiger partial charge in [0.05, 0.1) is 12.1 Å². The fourth-order valence-electron chi connectivity index (χ4n) is 3.43. The van der Waals surface area contributed by atoms with E-state index >= 15 is 0 Å². The Morgan fingerprint density at radius 1 is 0.931 bits per heavy atom. The van der Waals surface area contributed by atoms with Gasteiger partial charge in [0.2, 0.25) is 5.91 Å². The molecule has 2 N–H and O–H groups in total. The summed E-state index contributed by atoms with van der Waals surface area (Å²) in [5.41, 5.74) is 3.58. The second-order valence-electron chi connectivity index (χ2n) is 6.78. The molecule has 0 radical (unpaired) electrons. The maximum absolute atomic E-state index is 13.0. The van der Waals surface area contributed by atoms with Crippen LogP contribution in [0.2, 0.25) is 0 Å². The Morgan fingerprint density at radius 3 is 2.48 bits per heavy atom. The molecule has 0 saturated heterocycles. The maximum atomic E-state index is 13.0. The van der Waals surface area contributed by atoms with Crippen LogP contribution < -0.4 is 15.5 Å². The number of carbonyl (C=O) groups excluding carboxylic acids is 2. The molecule has 4 rings (SSSR count). The van der Waals surface area contributed by atoms with E-state index in [2.05, 4.69) is 10.6 Å². The van der Waals surface area contributed by atoms with E-state index in [1.165, 1.54) is 29.8 Å². The molecule has 0 spiro atoms. The minimum Gasteiger partial charge on any atom is -0.375 e. The summed E-state index contributed by atoms with van der Waals surface area (Å²) >= 11 is 0. The zero-order valence-corrected chi connectivity index (χ0v) is 15.7. The van der Waals surface area contributed by atoms with Gasteiger partial charge >= 0.3 is 0 Å². The van der Waals surface area contributed by atoms with E-state index in [1.807, 2.05) is 24.3 Å². The van der Waals surface area contributed by atoms with Crippen molar-refractivity contribution >= 4 is 28.9 Å². The topological polar surface area (TPSA) is 61.4 Å². The Labute approximate surface area is 168 Å². The molecule has 1 aliphatic rings. The minimum atomic E-state index is -0.368. The summed E-state index contributed by atoms with van der Waals surface area (Å²) in [5.74, 6) is -0.755. The van der Waals surface area contributed by atoms with Gasteiger partial charge in [-0.05, 0) is 54.4 Å². The molecule has 0 fully saturated rings. The molecule has 5 nitrogen and oxygen atoms in total. The number of anilines is 3. The quantitative estimate of drug-likeness (QED) is 0.691. The lowest BCUT2D eigenvalue weighted by Gasteiger charge is -2.19. The summed E-state index contributed by atoms with van der Waals surface area (Å²) in [6.07, 6.45) is 0.846. The molecule has 0 bridgehead atoms. The number of amides is 2. The molecule has 0 unspecified atom stereocenters. The summed E-state index contributed by atoms with van der Waals surface area (Å²) in [4.78, 5) is 27.1. The van der Waals surface area contributed by atoms with Crippen molar-refractivity contribution < 1.29 is 14.0 Å². The van der Waals surface area contributed by atoms with Crippen LogP contribution >= 0.6 is 0 Å². The zero-order valence-electron chi connectivity index (χ0n) is 15.7. The Balaban J connectivity index is 1.44. The summed E-state index contributed by atoms with van der Waals surface area (Å²) < 4.78 is 13.0. The molecule has 3 aromatic rings. The van der Waals surface area contributed by atoms with Crippen LogP contribution in [0.5, 0.6) is 0 Å². The lowest BCUT2D eigenvalue weighted by Crippen LogP contribution is -2.34. The highest BCUT2D eigenvalue weighted by atomic mass is 19.1. The first-order valence-electron chi connectivity index (χ1n) is 9.40. The van der Waals surface area contributed by atoms with Crippen LogP contribution in [0.3, 0.4) is 0 Å². The lowest BCUT2D eigenvalue weighted by molar-refractivity contribution is -0.116. The van der Waals surface area contributed by atoms with Crippen molar-refractivity contribution in [3.63, 3.8) is 0 Å². The highest BCUT2D eigenvalue weighted by Gasteiger charge is 2.24. The second kappa shape index (κ2) is 8.14. The molecule has 1 aliphatic heterocycles. The van der Waals surface area contributed by atoms with E-state index in [0.29, 0.717) is 23.5 Å². The smallest absolute Gasteiger partial charge is 0.257 e. The van der Waals surface area contributed by atoms with E-state index in [9.17, 15) is 14.0 Å². The molecule has 0 saturated carbocycles. The fourth-order valence-corrected chi connectivity index (χ4v) is 3.43. The van der Waals surface area contributed by atoms with Gasteiger partial charge in [0.25, 0.3) is 5.91 Å². The number of nitrogens with zero attached hydrogens (tertiary/aromatic N) is 1. The van der Waals surface area contributed by atoms with Gasteiger partial charge in [-0.3, -0.25) is 9.59 Å². The van der Waals surface area contributed by atoms with Crippen LogP contribution in [0.25, 0.3) is 0 Å². The van der Waals surface area contributed by atoms with Crippen LogP contribution in [0, 0.1) is 5.82 Å². The number of rotatable bonds is 5. The molecule has 0 aromatic heterocycles. The molecule has 6 heteroatoms. The predicted octanol–water partition coefficient (Wildman–Crippen LogP) is 4.08. The van der Waals surface area contributed by atoms with Gasteiger partial charge in [-0.15, -0.1) is 0 Å². The highest BCUT2D eigenvalue weighted by Crippen LogP contribution is 2.27. The number of fused-ring (bicyclic) bond motifs is 1. The van der Waals surface area contributed by atoms with E-state index in [4.69, 9.17) is 0 Å². The average molecular weight is 389 g/mol. The van der Waals surface area contributed by atoms with Gasteiger partial charge in [-0.25, -0.2) is 4.39 Å². The Hall–Kier alpha value is -3.67. The standard InChI is InChI=1S/C23H20FN3O2/c24-17-9-11-18(12-10-17)26-23(29)19-6-2-3-7-20(19)25-15-22(28)27-14-13-16-5-1-4-8-21(16)27/h1-12,25H,13-15H2,(H,26,29). The van der Waals surface area contributed by atoms with Gasteiger partial charge in [0.1, 0.15) is 5.82 Å². The zero-order chi connectivity index (χ0) is 20.2. The molecular weight excluding hydrogens is 369 g/mol. The number of para-hydroxylation sites is 2. The number of benzene rings is 3. The number of carbonyl (C=O) groups is 2. The maximum Gasteiger partial charge on any atom is 0.257 e. The van der Waals surface area contributed by atoms with Gasteiger partial charge < -0.3 is 15.5 Å². The highest BCUT2D eigenvalue weighted by molar-refractivity contribution is 6.08. The monoisotopic (exact) mass is 389 g/mol. The van der Waals surface area contributed by atoms with Gasteiger partial charge in [0, 0.05) is 23.6 Å². The fraction of sp³-hybridized carbons (Fsp3) is 0.130. The first kappa shape index (κ1) is 18.7. The van der Waals surface area contributed by atoms with E-state index < -0.39 is 0 Å². The van der Waals surface area contributed by atoms with E-state index in [0.717, 1.165) is 12.1 Å². The van der Waals surface area contributed by atoms with Gasteiger partial charge in [-0.1, -0.05) is 30.3 Å². The van der Waals surface area contributed by atoms with Crippen molar-refractivity contribution in [3.05, 3.63) is 89.7 Å². The number of halogens is 1. The summed E-state index contributed by atoms with van der Waals surface area (Å²) in [6, 6.07) is 20.4. The van der Waals surface area contributed by atoms with Crippen LogP contribution in [-0.4, -0.2) is 24.9 Å². The number of hydrogen-bond donors (Lipinski definition) is 2.